The molecule has 0 fully saturated rings. The van der Waals surface area contributed by atoms with E-state index in [-0.39, 0.29) is 17.3 Å². The first-order valence-corrected chi connectivity index (χ1v) is 9.37. The molecule has 0 N–H and O–H groups in total. The molecule has 0 amide bonds. The van der Waals surface area contributed by atoms with Gasteiger partial charge >= 0.3 is 0 Å². The lowest BCUT2D eigenvalue weighted by atomic mass is 10.0. The lowest BCUT2D eigenvalue weighted by Crippen LogP contribution is -2.12. The number of fused-ring (bicyclic) bond motifs is 3. The summed E-state index contributed by atoms with van der Waals surface area (Å²) in [6, 6.07) is 6.32. The van der Waals surface area contributed by atoms with Gasteiger partial charge in [-0.15, -0.1) is 10.2 Å². The Kier molecular flexibility index (Phi) is 4.18. The lowest BCUT2D eigenvalue weighted by molar-refractivity contribution is 0.618. The van der Waals surface area contributed by atoms with E-state index in [9.17, 15) is 4.39 Å². The number of hydrogen-bond donors (Lipinski definition) is 0. The van der Waals surface area contributed by atoms with Crippen LogP contribution in [-0.2, 0) is 13.6 Å². The van der Waals surface area contributed by atoms with E-state index >= 15 is 0 Å². The second-order valence-electron chi connectivity index (χ2n) is 6.43. The van der Waals surface area contributed by atoms with Gasteiger partial charge in [-0.2, -0.15) is 5.10 Å². The Morgan fingerprint density at radius 3 is 2.76 bits per heavy atom. The Labute approximate surface area is 174 Å². The van der Waals surface area contributed by atoms with Crippen molar-refractivity contribution in [3.05, 3.63) is 75.8 Å². The van der Waals surface area contributed by atoms with Gasteiger partial charge in [0.25, 0.3) is 0 Å². The SMILES string of the molecule is Cn1cc(-c2nnc3n2-c2ccc(Cl)c(Cl)c2C(c2ncccc2F)=NC3)cn1. The number of pyridine rings is 1. The van der Waals surface area contributed by atoms with E-state index < -0.39 is 5.82 Å². The van der Waals surface area contributed by atoms with Crippen LogP contribution in [0.2, 0.25) is 10.0 Å². The average Bonchev–Trinajstić information content (AvgIpc) is 3.28. The van der Waals surface area contributed by atoms with Crippen molar-refractivity contribution in [1.82, 2.24) is 29.5 Å². The monoisotopic (exact) mass is 427 g/mol. The van der Waals surface area contributed by atoms with E-state index in [1.54, 1.807) is 23.0 Å². The van der Waals surface area contributed by atoms with Gasteiger partial charge in [-0.25, -0.2) is 4.39 Å². The van der Waals surface area contributed by atoms with Crippen molar-refractivity contribution in [2.24, 2.45) is 12.0 Å². The fourth-order valence-electron chi connectivity index (χ4n) is 3.33. The summed E-state index contributed by atoms with van der Waals surface area (Å²) in [6.07, 6.45) is 5.03. The van der Waals surface area contributed by atoms with Crippen LogP contribution in [0, 0.1) is 5.82 Å². The van der Waals surface area contributed by atoms with Crippen molar-refractivity contribution in [3.63, 3.8) is 0 Å². The van der Waals surface area contributed by atoms with Gasteiger partial charge in [-0.1, -0.05) is 23.2 Å². The molecule has 3 aromatic heterocycles. The topological polar surface area (TPSA) is 73.8 Å². The maximum Gasteiger partial charge on any atom is 0.171 e. The molecule has 0 atom stereocenters. The zero-order valence-electron chi connectivity index (χ0n) is 15.0. The fourth-order valence-corrected chi connectivity index (χ4v) is 3.74. The Morgan fingerprint density at radius 1 is 1.14 bits per heavy atom. The molecule has 0 saturated heterocycles. The van der Waals surface area contributed by atoms with Gasteiger partial charge in [-0.05, 0) is 24.3 Å². The smallest absolute Gasteiger partial charge is 0.171 e. The van der Waals surface area contributed by atoms with Crippen LogP contribution < -0.4 is 0 Å². The molecule has 5 rings (SSSR count). The van der Waals surface area contributed by atoms with Crippen molar-refractivity contribution in [2.45, 2.75) is 6.54 Å². The minimum absolute atomic E-state index is 0.0968. The summed E-state index contributed by atoms with van der Waals surface area (Å²) in [6.45, 7) is 0.168. The van der Waals surface area contributed by atoms with Crippen molar-refractivity contribution in [1.29, 1.82) is 0 Å². The maximum absolute atomic E-state index is 14.6. The van der Waals surface area contributed by atoms with Gasteiger partial charge in [0.15, 0.2) is 17.5 Å². The van der Waals surface area contributed by atoms with Gasteiger partial charge in [-0.3, -0.25) is 19.2 Å². The molecule has 0 radical (unpaired) electrons. The number of nitrogens with zero attached hydrogens (tertiary/aromatic N) is 7. The number of hydrogen-bond acceptors (Lipinski definition) is 5. The molecule has 1 aromatic carbocycles. The van der Waals surface area contributed by atoms with Crippen LogP contribution in [0.5, 0.6) is 0 Å². The normalized spacial score (nSPS) is 12.9. The van der Waals surface area contributed by atoms with Crippen LogP contribution in [-0.4, -0.2) is 35.2 Å². The van der Waals surface area contributed by atoms with E-state index in [0.29, 0.717) is 33.6 Å². The summed E-state index contributed by atoms with van der Waals surface area (Å²) in [7, 11) is 1.82. The van der Waals surface area contributed by atoms with Crippen LogP contribution in [0.25, 0.3) is 17.1 Å². The zero-order chi connectivity index (χ0) is 20.1. The summed E-state index contributed by atoms with van der Waals surface area (Å²) in [5, 5.41) is 13.4. The Morgan fingerprint density at radius 2 is 2.00 bits per heavy atom. The molecule has 0 saturated carbocycles. The summed E-state index contributed by atoms with van der Waals surface area (Å²) < 4.78 is 18.1. The second-order valence-corrected chi connectivity index (χ2v) is 7.22. The third-order valence-electron chi connectivity index (χ3n) is 4.61. The number of rotatable bonds is 2. The maximum atomic E-state index is 14.6. The standard InChI is InChI=1S/C19H12Cl2FN7/c1-28-9-10(7-25-28)19-27-26-14-8-24-18(17-12(22)3-2-6-23-17)15-13(29(14)19)5-4-11(20)16(15)21/h2-7,9H,8H2,1H3. The van der Waals surface area contributed by atoms with E-state index in [1.165, 1.54) is 18.3 Å². The van der Waals surface area contributed by atoms with E-state index in [1.807, 2.05) is 17.8 Å². The van der Waals surface area contributed by atoms with Crippen molar-refractivity contribution < 1.29 is 4.39 Å². The highest BCUT2D eigenvalue weighted by Gasteiger charge is 2.28. The molecule has 1 aliphatic heterocycles. The van der Waals surface area contributed by atoms with Gasteiger partial charge in [0.05, 0.1) is 33.2 Å². The first-order valence-electron chi connectivity index (χ1n) is 8.62. The minimum atomic E-state index is -0.501. The minimum Gasteiger partial charge on any atom is -0.277 e. The molecule has 10 heteroatoms. The number of aliphatic imine (C=N–C) groups is 1. The highest BCUT2D eigenvalue weighted by atomic mass is 35.5. The lowest BCUT2D eigenvalue weighted by Gasteiger charge is -2.15. The van der Waals surface area contributed by atoms with Crippen molar-refractivity contribution in [2.75, 3.05) is 0 Å². The van der Waals surface area contributed by atoms with Gasteiger partial charge in [0.2, 0.25) is 0 Å². The average molecular weight is 428 g/mol. The first kappa shape index (κ1) is 18.0. The molecular formula is C19H12Cl2FN7. The number of benzene rings is 1. The van der Waals surface area contributed by atoms with Gasteiger partial charge in [0, 0.05) is 25.0 Å². The molecule has 0 unspecified atom stereocenters. The highest BCUT2D eigenvalue weighted by Crippen LogP contribution is 2.36. The fraction of sp³-hybridized carbons (Fsp3) is 0.105. The predicted molar refractivity (Wildman–Crippen MR) is 107 cm³/mol. The van der Waals surface area contributed by atoms with Crippen LogP contribution in [0.4, 0.5) is 4.39 Å². The number of aryl methyl sites for hydroxylation is 1. The van der Waals surface area contributed by atoms with Crippen LogP contribution in [0.1, 0.15) is 17.1 Å². The zero-order valence-corrected chi connectivity index (χ0v) is 16.5. The Hall–Kier alpha value is -3.10. The number of halogens is 3. The highest BCUT2D eigenvalue weighted by molar-refractivity contribution is 6.45. The second kappa shape index (κ2) is 6.75. The van der Waals surface area contributed by atoms with Crippen molar-refractivity contribution >= 4 is 28.9 Å². The van der Waals surface area contributed by atoms with E-state index in [2.05, 4.69) is 25.3 Å². The molecule has 29 heavy (non-hydrogen) atoms. The third kappa shape index (κ3) is 2.83. The molecule has 0 aliphatic carbocycles. The summed E-state index contributed by atoms with van der Waals surface area (Å²) in [4.78, 5) is 8.76. The molecular weight excluding hydrogens is 416 g/mol. The predicted octanol–water partition coefficient (Wildman–Crippen LogP) is 3.86. The summed E-state index contributed by atoms with van der Waals surface area (Å²) >= 11 is 12.9. The third-order valence-corrected chi connectivity index (χ3v) is 5.41. The molecule has 7 nitrogen and oxygen atoms in total. The number of aromatic nitrogens is 6. The van der Waals surface area contributed by atoms with Gasteiger partial charge in [0.1, 0.15) is 12.2 Å². The van der Waals surface area contributed by atoms with E-state index in [0.717, 1.165) is 5.56 Å². The Balaban J connectivity index is 1.82. The van der Waals surface area contributed by atoms with Crippen molar-refractivity contribution in [3.8, 4) is 17.1 Å². The Bertz CT molecular complexity index is 1290. The molecule has 0 bridgehead atoms. The quantitative estimate of drug-likeness (QED) is 0.486. The van der Waals surface area contributed by atoms with Crippen LogP contribution >= 0.6 is 23.2 Å². The van der Waals surface area contributed by atoms with Gasteiger partial charge < -0.3 is 0 Å². The molecule has 0 spiro atoms. The van der Waals surface area contributed by atoms with Crippen LogP contribution in [0.3, 0.4) is 0 Å². The molecule has 1 aliphatic rings. The summed E-state index contributed by atoms with van der Waals surface area (Å²) in [5.74, 6) is 0.652. The molecule has 144 valence electrons. The van der Waals surface area contributed by atoms with Crippen LogP contribution in [0.15, 0.2) is 47.8 Å². The van der Waals surface area contributed by atoms with E-state index in [4.69, 9.17) is 23.2 Å². The molecule has 4 aromatic rings. The summed E-state index contributed by atoms with van der Waals surface area (Å²) in [5.41, 5.74) is 2.29. The first-order chi connectivity index (χ1) is 14.0. The largest absolute Gasteiger partial charge is 0.277 e. The molecule has 4 heterocycles.